The van der Waals surface area contributed by atoms with Crippen molar-refractivity contribution in [1.29, 1.82) is 0 Å². The van der Waals surface area contributed by atoms with Crippen LogP contribution < -0.4 is 5.32 Å². The van der Waals surface area contributed by atoms with Gasteiger partial charge >= 0.3 is 0 Å². The number of nitrogens with one attached hydrogen (secondary N) is 1. The van der Waals surface area contributed by atoms with Gasteiger partial charge in [-0.2, -0.15) is 11.8 Å². The molecule has 3 atom stereocenters. The number of carbonyl (C=O) groups excluding carboxylic acids is 1. The normalized spacial score (nSPS) is 30.1. The van der Waals surface area contributed by atoms with Crippen LogP contribution in [0.1, 0.15) is 18.1 Å². The van der Waals surface area contributed by atoms with Crippen LogP contribution in [-0.4, -0.2) is 46.0 Å². The smallest absolute Gasteiger partial charge is 0.234 e. The van der Waals surface area contributed by atoms with E-state index in [4.69, 9.17) is 4.74 Å². The Hall–Kier alpha value is -0.720. The summed E-state index contributed by atoms with van der Waals surface area (Å²) in [5.41, 5.74) is 1.04. The summed E-state index contributed by atoms with van der Waals surface area (Å²) in [6.07, 6.45) is 4.38. The van der Waals surface area contributed by atoms with E-state index >= 15 is 0 Å². The summed E-state index contributed by atoms with van der Waals surface area (Å²) in [5, 5.41) is 3.26. The monoisotopic (exact) mass is 310 g/mol. The molecule has 1 aromatic heterocycles. The summed E-state index contributed by atoms with van der Waals surface area (Å²) in [4.78, 5) is 16.4. The lowest BCUT2D eigenvalue weighted by Gasteiger charge is -2.25. The Bertz CT molecular complexity index is 452. The predicted octanol–water partition coefficient (Wildman–Crippen LogP) is 1.88. The maximum absolute atomic E-state index is 12.3. The van der Waals surface area contributed by atoms with E-state index < -0.39 is 0 Å². The third-order valence-corrected chi connectivity index (χ3v) is 6.29. The number of carbonyl (C=O) groups is 1. The topological polar surface area (TPSA) is 51.2 Å². The molecule has 2 aliphatic heterocycles. The van der Waals surface area contributed by atoms with Crippen molar-refractivity contribution in [2.45, 2.75) is 23.8 Å². The van der Waals surface area contributed by atoms with Crippen molar-refractivity contribution in [2.24, 2.45) is 0 Å². The maximum Gasteiger partial charge on any atom is 0.234 e. The van der Waals surface area contributed by atoms with Crippen molar-refractivity contribution in [2.75, 3.05) is 23.9 Å². The first-order valence-corrected chi connectivity index (χ1v) is 9.06. The number of amides is 1. The standard InChI is InChI=1S/C14H18N2O2S2/c17-14(12-9-19-6-7-20-12)16-11-3-5-18-13(11)10-2-1-4-15-8-10/h1-2,4,8,11-13H,3,5-7,9H2,(H,16,17)/t11-,12+,13+/m0/s1. The van der Waals surface area contributed by atoms with Gasteiger partial charge in [-0.3, -0.25) is 9.78 Å². The van der Waals surface area contributed by atoms with Crippen molar-refractivity contribution in [1.82, 2.24) is 10.3 Å². The second-order valence-corrected chi connectivity index (χ2v) is 7.38. The maximum atomic E-state index is 12.3. The molecule has 108 valence electrons. The highest BCUT2D eigenvalue weighted by Gasteiger charge is 2.33. The summed E-state index contributed by atoms with van der Waals surface area (Å²) >= 11 is 3.63. The van der Waals surface area contributed by atoms with Gasteiger partial charge in [0.25, 0.3) is 0 Å². The molecule has 0 bridgehead atoms. The molecule has 2 saturated heterocycles. The third-order valence-electron chi connectivity index (χ3n) is 3.54. The van der Waals surface area contributed by atoms with Crippen molar-refractivity contribution in [3.63, 3.8) is 0 Å². The zero-order chi connectivity index (χ0) is 13.8. The van der Waals surface area contributed by atoms with Gasteiger partial charge in [0.05, 0.1) is 11.3 Å². The Morgan fingerprint density at radius 1 is 1.45 bits per heavy atom. The lowest BCUT2D eigenvalue weighted by Crippen LogP contribution is -2.43. The third kappa shape index (κ3) is 3.30. The molecule has 6 heteroatoms. The van der Waals surface area contributed by atoms with Crippen LogP contribution in [0.4, 0.5) is 0 Å². The number of pyridine rings is 1. The van der Waals surface area contributed by atoms with Gasteiger partial charge in [0.1, 0.15) is 6.10 Å². The Morgan fingerprint density at radius 3 is 3.15 bits per heavy atom. The van der Waals surface area contributed by atoms with Gasteiger partial charge in [-0.1, -0.05) is 6.07 Å². The molecule has 3 rings (SSSR count). The minimum absolute atomic E-state index is 0.0612. The number of hydrogen-bond acceptors (Lipinski definition) is 5. The number of thioether (sulfide) groups is 2. The first kappa shape index (κ1) is 14.2. The molecule has 2 fully saturated rings. The first-order valence-electron chi connectivity index (χ1n) is 6.86. The van der Waals surface area contributed by atoms with Crippen LogP contribution in [0.2, 0.25) is 0 Å². The highest BCUT2D eigenvalue weighted by molar-refractivity contribution is 8.07. The molecule has 3 heterocycles. The Kier molecular flexibility index (Phi) is 4.86. The van der Waals surface area contributed by atoms with E-state index in [2.05, 4.69) is 10.3 Å². The molecule has 1 N–H and O–H groups in total. The highest BCUT2D eigenvalue weighted by Crippen LogP contribution is 2.30. The van der Waals surface area contributed by atoms with E-state index in [1.54, 1.807) is 18.0 Å². The lowest BCUT2D eigenvalue weighted by molar-refractivity contribution is -0.121. The van der Waals surface area contributed by atoms with E-state index in [0.29, 0.717) is 6.61 Å². The Balaban J connectivity index is 1.62. The van der Waals surface area contributed by atoms with Crippen LogP contribution in [0.5, 0.6) is 0 Å². The van der Waals surface area contributed by atoms with E-state index in [0.717, 1.165) is 29.2 Å². The Labute approximate surface area is 127 Å². The molecule has 0 spiro atoms. The van der Waals surface area contributed by atoms with Gasteiger partial charge in [-0.15, -0.1) is 11.8 Å². The number of ether oxygens (including phenoxy) is 1. The van der Waals surface area contributed by atoms with Crippen LogP contribution in [0.15, 0.2) is 24.5 Å². The summed E-state index contributed by atoms with van der Waals surface area (Å²) in [5.74, 6) is 3.29. The molecule has 0 aliphatic carbocycles. The molecule has 0 aromatic carbocycles. The molecule has 4 nitrogen and oxygen atoms in total. The van der Waals surface area contributed by atoms with Crippen LogP contribution in [0.3, 0.4) is 0 Å². The predicted molar refractivity (Wildman–Crippen MR) is 83.0 cm³/mol. The molecule has 0 radical (unpaired) electrons. The molecular formula is C14H18N2O2S2. The zero-order valence-electron chi connectivity index (χ0n) is 11.2. The van der Waals surface area contributed by atoms with E-state index in [1.807, 2.05) is 30.1 Å². The summed E-state index contributed by atoms with van der Waals surface area (Å²) in [6, 6.07) is 3.98. The van der Waals surface area contributed by atoms with Crippen LogP contribution in [-0.2, 0) is 9.53 Å². The van der Waals surface area contributed by atoms with Gasteiger partial charge in [0, 0.05) is 41.8 Å². The van der Waals surface area contributed by atoms with Crippen LogP contribution >= 0.6 is 23.5 Å². The first-order chi connectivity index (χ1) is 9.84. The van der Waals surface area contributed by atoms with Crippen LogP contribution in [0.25, 0.3) is 0 Å². The SMILES string of the molecule is O=C(N[C@H]1CCO[C@@H]1c1cccnc1)[C@H]1CSCCS1. The van der Waals surface area contributed by atoms with E-state index in [1.165, 1.54) is 0 Å². The fourth-order valence-electron chi connectivity index (χ4n) is 2.52. The lowest BCUT2D eigenvalue weighted by atomic mass is 10.0. The quantitative estimate of drug-likeness (QED) is 0.924. The average molecular weight is 310 g/mol. The van der Waals surface area contributed by atoms with Gasteiger partial charge in [-0.25, -0.2) is 0 Å². The van der Waals surface area contributed by atoms with Crippen molar-refractivity contribution < 1.29 is 9.53 Å². The number of rotatable bonds is 3. The molecule has 1 aromatic rings. The van der Waals surface area contributed by atoms with Crippen LogP contribution in [0, 0.1) is 0 Å². The van der Waals surface area contributed by atoms with Gasteiger partial charge < -0.3 is 10.1 Å². The number of nitrogens with zero attached hydrogens (tertiary/aromatic N) is 1. The second kappa shape index (κ2) is 6.83. The minimum atomic E-state index is -0.0612. The number of aromatic nitrogens is 1. The van der Waals surface area contributed by atoms with Crippen molar-refractivity contribution in [3.8, 4) is 0 Å². The summed E-state index contributed by atoms with van der Waals surface area (Å²) in [6.45, 7) is 0.692. The van der Waals surface area contributed by atoms with Crippen molar-refractivity contribution >= 4 is 29.4 Å². The molecule has 2 aliphatic rings. The molecular weight excluding hydrogens is 292 g/mol. The van der Waals surface area contributed by atoms with E-state index in [9.17, 15) is 4.79 Å². The fourth-order valence-corrected chi connectivity index (χ4v) is 5.09. The summed E-state index contributed by atoms with van der Waals surface area (Å²) in [7, 11) is 0. The van der Waals surface area contributed by atoms with Gasteiger partial charge in [-0.05, 0) is 12.5 Å². The largest absolute Gasteiger partial charge is 0.371 e. The summed E-state index contributed by atoms with van der Waals surface area (Å²) < 4.78 is 5.77. The fraction of sp³-hybridized carbons (Fsp3) is 0.571. The Morgan fingerprint density at radius 2 is 2.40 bits per heavy atom. The molecule has 1 amide bonds. The molecule has 0 unspecified atom stereocenters. The van der Waals surface area contributed by atoms with Crippen molar-refractivity contribution in [3.05, 3.63) is 30.1 Å². The van der Waals surface area contributed by atoms with E-state index in [-0.39, 0.29) is 23.3 Å². The molecule has 0 saturated carbocycles. The second-order valence-electron chi connectivity index (χ2n) is 4.92. The average Bonchev–Trinajstić information content (AvgIpc) is 2.97. The molecule has 20 heavy (non-hydrogen) atoms. The van der Waals surface area contributed by atoms with Gasteiger partial charge in [0.15, 0.2) is 0 Å². The van der Waals surface area contributed by atoms with Gasteiger partial charge in [0.2, 0.25) is 5.91 Å². The number of hydrogen-bond donors (Lipinski definition) is 1. The highest BCUT2D eigenvalue weighted by atomic mass is 32.2. The zero-order valence-corrected chi connectivity index (χ0v) is 12.8. The minimum Gasteiger partial charge on any atom is -0.371 e.